The number of pyridine rings is 1. The van der Waals surface area contributed by atoms with Crippen molar-refractivity contribution in [3.8, 4) is 0 Å². The molecule has 0 aliphatic rings. The molecule has 21 heavy (non-hydrogen) atoms. The second-order valence-electron chi connectivity index (χ2n) is 5.53. The Morgan fingerprint density at radius 2 is 2.24 bits per heavy atom. The molecule has 0 atom stereocenters. The number of rotatable bonds is 7. The van der Waals surface area contributed by atoms with Gasteiger partial charge in [0.05, 0.1) is 0 Å². The third kappa shape index (κ3) is 4.04. The quantitative estimate of drug-likeness (QED) is 0.820. The number of aryl methyl sites for hydroxylation is 1. The fraction of sp³-hybridized carbons (Fsp3) is 0.500. The zero-order valence-electron chi connectivity index (χ0n) is 13.0. The summed E-state index contributed by atoms with van der Waals surface area (Å²) in [5.74, 6) is 0.0844. The molecule has 0 saturated carbocycles. The van der Waals surface area contributed by atoms with Crippen LogP contribution in [0, 0.1) is 0 Å². The van der Waals surface area contributed by atoms with Gasteiger partial charge in [-0.1, -0.05) is 13.8 Å². The van der Waals surface area contributed by atoms with Crippen LogP contribution in [0.2, 0.25) is 0 Å². The largest absolute Gasteiger partial charge is 0.359 e. The number of fused-ring (bicyclic) bond motifs is 1. The lowest BCUT2D eigenvalue weighted by atomic mass is 10.2. The van der Waals surface area contributed by atoms with Gasteiger partial charge in [-0.2, -0.15) is 0 Å². The van der Waals surface area contributed by atoms with Gasteiger partial charge in [-0.15, -0.1) is 0 Å². The molecular weight excluding hydrogens is 264 g/mol. The van der Waals surface area contributed by atoms with Crippen LogP contribution in [-0.4, -0.2) is 28.5 Å². The van der Waals surface area contributed by atoms with Crippen LogP contribution >= 0.6 is 0 Å². The second kappa shape index (κ2) is 7.22. The molecule has 0 aromatic carbocycles. The summed E-state index contributed by atoms with van der Waals surface area (Å²) in [5.41, 5.74) is 2.25. The lowest BCUT2D eigenvalue weighted by molar-refractivity contribution is -0.120. The Balaban J connectivity index is 2.13. The van der Waals surface area contributed by atoms with Crippen LogP contribution in [-0.2, 0) is 17.9 Å². The minimum absolute atomic E-state index is 0.0844. The molecule has 5 nitrogen and oxygen atoms in total. The third-order valence-electron chi connectivity index (χ3n) is 3.50. The lowest BCUT2D eigenvalue weighted by Gasteiger charge is -2.06. The number of hydrogen-bond donors (Lipinski definition) is 2. The van der Waals surface area contributed by atoms with Crippen molar-refractivity contribution < 1.29 is 4.79 Å². The van der Waals surface area contributed by atoms with Crippen LogP contribution in [0.1, 0.15) is 32.3 Å². The maximum Gasteiger partial charge on any atom is 0.219 e. The molecule has 0 saturated heterocycles. The van der Waals surface area contributed by atoms with E-state index < -0.39 is 0 Å². The average Bonchev–Trinajstić information content (AvgIpc) is 2.83. The van der Waals surface area contributed by atoms with Crippen molar-refractivity contribution in [1.82, 2.24) is 20.2 Å². The summed E-state index contributed by atoms with van der Waals surface area (Å²) < 4.78 is 2.15. The lowest BCUT2D eigenvalue weighted by Crippen LogP contribution is -2.21. The van der Waals surface area contributed by atoms with E-state index in [9.17, 15) is 4.79 Å². The number of aromatic nitrogens is 2. The third-order valence-corrected chi connectivity index (χ3v) is 3.50. The average molecular weight is 288 g/mol. The Morgan fingerprint density at radius 1 is 1.43 bits per heavy atom. The molecule has 0 fully saturated rings. The summed E-state index contributed by atoms with van der Waals surface area (Å²) in [6, 6.07) is 4.53. The Hall–Kier alpha value is -1.88. The van der Waals surface area contributed by atoms with Crippen LogP contribution in [0.4, 0.5) is 0 Å². The molecular formula is C16H24N4O. The Bertz CT molecular complexity index is 603. The second-order valence-corrected chi connectivity index (χ2v) is 5.53. The van der Waals surface area contributed by atoms with Crippen molar-refractivity contribution in [3.05, 3.63) is 30.1 Å². The van der Waals surface area contributed by atoms with E-state index in [1.807, 2.05) is 12.3 Å². The fourth-order valence-electron chi connectivity index (χ4n) is 2.36. The number of carbonyl (C=O) groups excluding carboxylic acids is 1. The van der Waals surface area contributed by atoms with Crippen molar-refractivity contribution in [2.24, 2.45) is 0 Å². The first kappa shape index (κ1) is 15.5. The van der Waals surface area contributed by atoms with E-state index in [4.69, 9.17) is 0 Å². The van der Waals surface area contributed by atoms with Crippen LogP contribution in [0.25, 0.3) is 11.0 Å². The fourth-order valence-corrected chi connectivity index (χ4v) is 2.36. The predicted molar refractivity (Wildman–Crippen MR) is 85.0 cm³/mol. The summed E-state index contributed by atoms with van der Waals surface area (Å²) in [5, 5.41) is 7.28. The number of nitrogens with zero attached hydrogens (tertiary/aromatic N) is 2. The monoisotopic (exact) mass is 288 g/mol. The highest BCUT2D eigenvalue weighted by Crippen LogP contribution is 2.20. The SMILES string of the molecule is CNC(=O)CCCn1cc(CNC(C)C)c2cccnc21. The highest BCUT2D eigenvalue weighted by Gasteiger charge is 2.09. The summed E-state index contributed by atoms with van der Waals surface area (Å²) in [7, 11) is 1.67. The van der Waals surface area contributed by atoms with E-state index in [1.165, 1.54) is 10.9 Å². The van der Waals surface area contributed by atoms with Gasteiger partial charge in [0.25, 0.3) is 0 Å². The summed E-state index contributed by atoms with van der Waals surface area (Å²) in [4.78, 5) is 15.8. The maximum atomic E-state index is 11.3. The first-order chi connectivity index (χ1) is 10.1. The van der Waals surface area contributed by atoms with Gasteiger partial charge < -0.3 is 15.2 Å². The molecule has 5 heteroatoms. The molecule has 0 aliphatic heterocycles. The molecule has 2 heterocycles. The van der Waals surface area contributed by atoms with E-state index in [0.29, 0.717) is 12.5 Å². The summed E-state index contributed by atoms with van der Waals surface area (Å²) in [6.07, 6.45) is 5.33. The molecule has 0 bridgehead atoms. The standard InChI is InChI=1S/C16H24N4O/c1-12(2)19-10-13-11-20(9-5-7-15(21)17-3)16-14(13)6-4-8-18-16/h4,6,8,11-12,19H,5,7,9-10H2,1-3H3,(H,17,21). The van der Waals surface area contributed by atoms with Gasteiger partial charge in [0.2, 0.25) is 5.91 Å². The van der Waals surface area contributed by atoms with Crippen molar-refractivity contribution in [3.63, 3.8) is 0 Å². The highest BCUT2D eigenvalue weighted by molar-refractivity contribution is 5.80. The first-order valence-electron chi connectivity index (χ1n) is 7.48. The van der Waals surface area contributed by atoms with Crippen LogP contribution in [0.3, 0.4) is 0 Å². The Kier molecular flexibility index (Phi) is 5.33. The van der Waals surface area contributed by atoms with E-state index in [2.05, 4.69) is 46.3 Å². The normalized spacial score (nSPS) is 11.2. The molecule has 0 spiro atoms. The zero-order chi connectivity index (χ0) is 15.2. The number of carbonyl (C=O) groups is 1. The minimum atomic E-state index is 0.0844. The van der Waals surface area contributed by atoms with Gasteiger partial charge >= 0.3 is 0 Å². The Morgan fingerprint density at radius 3 is 2.95 bits per heavy atom. The topological polar surface area (TPSA) is 59.0 Å². The first-order valence-corrected chi connectivity index (χ1v) is 7.48. The minimum Gasteiger partial charge on any atom is -0.359 e. The van der Waals surface area contributed by atoms with Crippen molar-refractivity contribution in [2.45, 2.75) is 45.8 Å². The summed E-state index contributed by atoms with van der Waals surface area (Å²) >= 11 is 0. The molecule has 114 valence electrons. The number of amides is 1. The molecule has 2 rings (SSSR count). The Labute approximate surface area is 125 Å². The van der Waals surface area contributed by atoms with E-state index in [-0.39, 0.29) is 5.91 Å². The molecule has 2 N–H and O–H groups in total. The molecule has 1 amide bonds. The van der Waals surface area contributed by atoms with Crippen molar-refractivity contribution >= 4 is 16.9 Å². The van der Waals surface area contributed by atoms with E-state index >= 15 is 0 Å². The van der Waals surface area contributed by atoms with Crippen molar-refractivity contribution in [2.75, 3.05) is 7.05 Å². The van der Waals surface area contributed by atoms with Crippen LogP contribution in [0.5, 0.6) is 0 Å². The van der Waals surface area contributed by atoms with Crippen molar-refractivity contribution in [1.29, 1.82) is 0 Å². The van der Waals surface area contributed by atoms with Gasteiger partial charge in [0, 0.05) is 50.4 Å². The molecule has 2 aromatic rings. The van der Waals surface area contributed by atoms with Gasteiger partial charge in [-0.25, -0.2) is 4.98 Å². The van der Waals surface area contributed by atoms with Gasteiger partial charge in [-0.05, 0) is 24.1 Å². The number of hydrogen-bond acceptors (Lipinski definition) is 3. The van der Waals surface area contributed by atoms with Crippen LogP contribution < -0.4 is 10.6 Å². The van der Waals surface area contributed by atoms with Gasteiger partial charge in [-0.3, -0.25) is 4.79 Å². The molecule has 0 aliphatic carbocycles. The molecule has 0 unspecified atom stereocenters. The predicted octanol–water partition coefficient (Wildman–Crippen LogP) is 2.06. The van der Waals surface area contributed by atoms with Gasteiger partial charge in [0.15, 0.2) is 0 Å². The van der Waals surface area contributed by atoms with E-state index in [1.54, 1.807) is 7.05 Å². The van der Waals surface area contributed by atoms with E-state index in [0.717, 1.165) is 25.2 Å². The zero-order valence-corrected chi connectivity index (χ0v) is 13.0. The molecule has 2 aromatic heterocycles. The highest BCUT2D eigenvalue weighted by atomic mass is 16.1. The smallest absolute Gasteiger partial charge is 0.219 e. The summed E-state index contributed by atoms with van der Waals surface area (Å²) in [6.45, 7) is 5.92. The molecule has 0 radical (unpaired) electrons. The number of nitrogens with one attached hydrogen (secondary N) is 2. The van der Waals surface area contributed by atoms with Gasteiger partial charge in [0.1, 0.15) is 5.65 Å². The maximum absolute atomic E-state index is 11.3. The van der Waals surface area contributed by atoms with Crippen LogP contribution in [0.15, 0.2) is 24.5 Å².